The third-order valence-electron chi connectivity index (χ3n) is 2.90. The average Bonchev–Trinajstić information content (AvgIpc) is 2.28. The van der Waals surface area contributed by atoms with Gasteiger partial charge in [-0.2, -0.15) is 0 Å². The van der Waals surface area contributed by atoms with Crippen molar-refractivity contribution in [3.05, 3.63) is 54.6 Å². The van der Waals surface area contributed by atoms with Crippen molar-refractivity contribution in [1.82, 2.24) is 0 Å². The standard InChI is InChI=1S/C14H9.Li/c1-3-7-13-11(5-1)9-10-12-6-2-4-8-14(12)13;/h1,3-10H;. The zero-order valence-electron chi connectivity index (χ0n) is 8.70. The van der Waals surface area contributed by atoms with Crippen LogP contribution in [0, 0.1) is 0 Å². The summed E-state index contributed by atoms with van der Waals surface area (Å²) in [5.74, 6) is 0. The van der Waals surface area contributed by atoms with Gasteiger partial charge in [0, 0.05) is 0 Å². The van der Waals surface area contributed by atoms with Gasteiger partial charge >= 0.3 is 98.1 Å². The molecule has 1 heteroatoms. The van der Waals surface area contributed by atoms with Crippen LogP contribution in [0.15, 0.2) is 54.6 Å². The quantitative estimate of drug-likeness (QED) is 0.372. The van der Waals surface area contributed by atoms with Crippen molar-refractivity contribution in [2.24, 2.45) is 0 Å². The molecule has 0 aromatic heterocycles. The first-order chi connectivity index (χ1) is 7.34. The predicted octanol–water partition coefficient (Wildman–Crippen LogP) is 2.79. The van der Waals surface area contributed by atoms with E-state index in [-0.39, 0.29) is 0 Å². The molecule has 3 aromatic rings. The number of benzene rings is 3. The topological polar surface area (TPSA) is 0 Å². The number of rotatable bonds is 0. The molecule has 0 heterocycles. The summed E-state index contributed by atoms with van der Waals surface area (Å²) in [7, 11) is 0. The van der Waals surface area contributed by atoms with Crippen LogP contribution < -0.4 is 4.24 Å². The van der Waals surface area contributed by atoms with Crippen molar-refractivity contribution < 1.29 is 0 Å². The molecule has 0 bridgehead atoms. The molecule has 0 fully saturated rings. The predicted molar refractivity (Wildman–Crippen MR) is 66.8 cm³/mol. The molecular formula is C14H9Li. The van der Waals surface area contributed by atoms with E-state index < -0.39 is 0 Å². The van der Waals surface area contributed by atoms with Gasteiger partial charge in [-0.3, -0.25) is 0 Å². The van der Waals surface area contributed by atoms with Crippen molar-refractivity contribution in [1.29, 1.82) is 0 Å². The molecule has 0 N–H and O–H groups in total. The molecular weight excluding hydrogens is 175 g/mol. The Morgan fingerprint density at radius 1 is 0.667 bits per heavy atom. The molecule has 0 atom stereocenters. The summed E-state index contributed by atoms with van der Waals surface area (Å²) in [4.78, 5) is 0. The second kappa shape index (κ2) is 3.42. The summed E-state index contributed by atoms with van der Waals surface area (Å²) in [6, 6.07) is 19.6. The van der Waals surface area contributed by atoms with Crippen LogP contribution in [0.3, 0.4) is 0 Å². The summed E-state index contributed by atoms with van der Waals surface area (Å²) in [5.41, 5.74) is 0. The molecule has 66 valence electrons. The Hall–Kier alpha value is -1.22. The van der Waals surface area contributed by atoms with Crippen LogP contribution >= 0.6 is 0 Å². The number of hydrogen-bond donors (Lipinski definition) is 0. The van der Waals surface area contributed by atoms with Gasteiger partial charge in [0.15, 0.2) is 0 Å². The monoisotopic (exact) mass is 184 g/mol. The second-order valence-electron chi connectivity index (χ2n) is 4.01. The fourth-order valence-electron chi connectivity index (χ4n) is 2.13. The fourth-order valence-corrected chi connectivity index (χ4v) is 2.13. The first-order valence-electron chi connectivity index (χ1n) is 5.23. The fraction of sp³-hybridized carbons (Fsp3) is 0. The minimum atomic E-state index is 1.31. The Labute approximate surface area is 98.1 Å². The van der Waals surface area contributed by atoms with Crippen molar-refractivity contribution in [2.75, 3.05) is 0 Å². The number of fused-ring (bicyclic) bond motifs is 3. The van der Waals surface area contributed by atoms with Crippen LogP contribution in [-0.2, 0) is 0 Å². The summed E-state index contributed by atoms with van der Waals surface area (Å²) in [6.07, 6.45) is 0. The van der Waals surface area contributed by atoms with E-state index >= 15 is 0 Å². The second-order valence-corrected chi connectivity index (χ2v) is 4.01. The first-order valence-corrected chi connectivity index (χ1v) is 5.23. The first kappa shape index (κ1) is 9.04. The Balaban J connectivity index is 2.55. The molecule has 0 saturated heterocycles. The van der Waals surface area contributed by atoms with Crippen LogP contribution in [0.5, 0.6) is 0 Å². The summed E-state index contributed by atoms with van der Waals surface area (Å²) in [5, 5.41) is 5.33. The van der Waals surface area contributed by atoms with Gasteiger partial charge < -0.3 is 0 Å². The SMILES string of the molecule is [Li][c]1ccc2c(ccc3ccccc32)c1. The van der Waals surface area contributed by atoms with Crippen LogP contribution in [-0.4, -0.2) is 17.7 Å². The van der Waals surface area contributed by atoms with E-state index in [9.17, 15) is 0 Å². The average molecular weight is 184 g/mol. The molecule has 3 aromatic carbocycles. The van der Waals surface area contributed by atoms with Crippen LogP contribution in [0.25, 0.3) is 21.5 Å². The Bertz CT molecular complexity index is 641. The van der Waals surface area contributed by atoms with Gasteiger partial charge in [0.1, 0.15) is 0 Å². The van der Waals surface area contributed by atoms with Crippen molar-refractivity contribution in [3.63, 3.8) is 0 Å². The Morgan fingerprint density at radius 2 is 1.40 bits per heavy atom. The van der Waals surface area contributed by atoms with Gasteiger partial charge in [-0.05, 0) is 0 Å². The molecule has 0 amide bonds. The van der Waals surface area contributed by atoms with Crippen LogP contribution in [0.1, 0.15) is 0 Å². The Morgan fingerprint density at radius 3 is 2.33 bits per heavy atom. The normalized spacial score (nSPS) is 11.1. The molecule has 15 heavy (non-hydrogen) atoms. The molecule has 0 aliphatic carbocycles. The molecule has 3 rings (SSSR count). The molecule has 0 saturated carbocycles. The maximum atomic E-state index is 2.24. The zero-order valence-corrected chi connectivity index (χ0v) is 8.70. The van der Waals surface area contributed by atoms with Crippen molar-refractivity contribution >= 4 is 43.5 Å². The van der Waals surface area contributed by atoms with Gasteiger partial charge in [0.05, 0.1) is 0 Å². The van der Waals surface area contributed by atoms with E-state index in [1.807, 2.05) is 0 Å². The molecule has 0 aliphatic heterocycles. The Kier molecular flexibility index (Phi) is 2.06. The molecule has 0 spiro atoms. The van der Waals surface area contributed by atoms with E-state index in [2.05, 4.69) is 72.3 Å². The van der Waals surface area contributed by atoms with Gasteiger partial charge in [-0.1, -0.05) is 0 Å². The molecule has 0 radical (unpaired) electrons. The van der Waals surface area contributed by atoms with Crippen molar-refractivity contribution in [2.45, 2.75) is 0 Å². The van der Waals surface area contributed by atoms with Crippen molar-refractivity contribution in [3.8, 4) is 0 Å². The summed E-state index contributed by atoms with van der Waals surface area (Å²) in [6.45, 7) is 0. The van der Waals surface area contributed by atoms with Gasteiger partial charge in [-0.25, -0.2) is 0 Å². The van der Waals surface area contributed by atoms with E-state index in [1.54, 1.807) is 0 Å². The zero-order chi connectivity index (χ0) is 10.3. The van der Waals surface area contributed by atoms with Gasteiger partial charge in [0.25, 0.3) is 0 Å². The van der Waals surface area contributed by atoms with E-state index in [0.29, 0.717) is 0 Å². The molecule has 0 nitrogen and oxygen atoms in total. The van der Waals surface area contributed by atoms with E-state index in [4.69, 9.17) is 0 Å². The van der Waals surface area contributed by atoms with Gasteiger partial charge in [0.2, 0.25) is 0 Å². The van der Waals surface area contributed by atoms with E-state index in [0.717, 1.165) is 0 Å². The van der Waals surface area contributed by atoms with Gasteiger partial charge in [-0.15, -0.1) is 0 Å². The van der Waals surface area contributed by atoms with E-state index in [1.165, 1.54) is 25.8 Å². The molecule has 0 aliphatic rings. The van der Waals surface area contributed by atoms with Crippen LogP contribution in [0.2, 0.25) is 0 Å². The third-order valence-corrected chi connectivity index (χ3v) is 2.90. The minimum absolute atomic E-state index is 1.31. The summed E-state index contributed by atoms with van der Waals surface area (Å²) >= 11 is 2.13. The third kappa shape index (κ3) is 1.47. The molecule has 0 unspecified atom stereocenters. The summed E-state index contributed by atoms with van der Waals surface area (Å²) < 4.78 is 1.32. The number of hydrogen-bond acceptors (Lipinski definition) is 0. The maximum absolute atomic E-state index is 2.24. The van der Waals surface area contributed by atoms with Crippen LogP contribution in [0.4, 0.5) is 0 Å².